The average Bonchev–Trinajstić information content (AvgIpc) is 2.90. The van der Waals surface area contributed by atoms with Crippen LogP contribution in [0, 0.1) is 0 Å². The first-order valence-corrected chi connectivity index (χ1v) is 9.31. The third-order valence-corrected chi connectivity index (χ3v) is 5.68. The Labute approximate surface area is 139 Å². The summed E-state index contributed by atoms with van der Waals surface area (Å²) in [5.41, 5.74) is 2.71. The quantitative estimate of drug-likeness (QED) is 0.842. The number of aryl methyl sites for hydroxylation is 1. The van der Waals surface area contributed by atoms with Gasteiger partial charge in [0.25, 0.3) is 0 Å². The summed E-state index contributed by atoms with van der Waals surface area (Å²) in [5.74, 6) is 0.614. The van der Waals surface area contributed by atoms with Crippen molar-refractivity contribution in [2.75, 3.05) is 13.1 Å². The number of thiazole rings is 1. The SMILES string of the molecule is CCNCC1CCCc2sc(Cc3ccc(Br)cc3)nc21. The minimum Gasteiger partial charge on any atom is -0.316 e. The van der Waals surface area contributed by atoms with Gasteiger partial charge in [-0.05, 0) is 43.5 Å². The maximum Gasteiger partial charge on any atom is 0.0975 e. The Morgan fingerprint density at radius 1 is 1.33 bits per heavy atom. The number of halogens is 1. The van der Waals surface area contributed by atoms with Crippen LogP contribution in [-0.4, -0.2) is 18.1 Å². The Kier molecular flexibility index (Phi) is 5.09. The number of fused-ring (bicyclic) bond motifs is 1. The molecule has 2 aromatic rings. The molecule has 0 amide bonds. The molecule has 1 aliphatic rings. The summed E-state index contributed by atoms with van der Waals surface area (Å²) in [6.45, 7) is 4.29. The van der Waals surface area contributed by atoms with E-state index in [0.29, 0.717) is 5.92 Å². The van der Waals surface area contributed by atoms with Crippen LogP contribution in [0.4, 0.5) is 0 Å². The van der Waals surface area contributed by atoms with Crippen LogP contribution in [0.1, 0.15) is 46.8 Å². The molecule has 1 atom stereocenters. The van der Waals surface area contributed by atoms with E-state index in [0.717, 1.165) is 24.0 Å². The molecule has 2 nitrogen and oxygen atoms in total. The lowest BCUT2D eigenvalue weighted by atomic mass is 9.91. The Morgan fingerprint density at radius 2 is 2.14 bits per heavy atom. The second-order valence-electron chi connectivity index (χ2n) is 5.62. The van der Waals surface area contributed by atoms with Crippen molar-refractivity contribution < 1.29 is 0 Å². The van der Waals surface area contributed by atoms with Gasteiger partial charge in [-0.15, -0.1) is 11.3 Å². The number of rotatable bonds is 5. The minimum atomic E-state index is 0.614. The largest absolute Gasteiger partial charge is 0.316 e. The van der Waals surface area contributed by atoms with E-state index in [4.69, 9.17) is 4.98 Å². The highest BCUT2D eigenvalue weighted by Gasteiger charge is 2.24. The van der Waals surface area contributed by atoms with Gasteiger partial charge in [-0.1, -0.05) is 35.0 Å². The Balaban J connectivity index is 1.76. The highest BCUT2D eigenvalue weighted by molar-refractivity contribution is 9.10. The molecule has 1 aromatic heterocycles. The molecular formula is C17H21BrN2S. The van der Waals surface area contributed by atoms with Crippen molar-refractivity contribution in [2.24, 2.45) is 0 Å². The van der Waals surface area contributed by atoms with Crippen molar-refractivity contribution >= 4 is 27.3 Å². The average molecular weight is 365 g/mol. The number of nitrogens with one attached hydrogen (secondary N) is 1. The van der Waals surface area contributed by atoms with E-state index in [2.05, 4.69) is 52.4 Å². The normalized spacial score (nSPS) is 17.7. The van der Waals surface area contributed by atoms with Gasteiger partial charge in [0, 0.05) is 28.2 Å². The van der Waals surface area contributed by atoms with Gasteiger partial charge in [0.15, 0.2) is 0 Å². The van der Waals surface area contributed by atoms with Gasteiger partial charge in [-0.2, -0.15) is 0 Å². The van der Waals surface area contributed by atoms with E-state index < -0.39 is 0 Å². The molecule has 0 spiro atoms. The lowest BCUT2D eigenvalue weighted by molar-refractivity contribution is 0.508. The smallest absolute Gasteiger partial charge is 0.0975 e. The standard InChI is InChI=1S/C17H21BrN2S/c1-2-19-11-13-4-3-5-15-17(13)20-16(21-15)10-12-6-8-14(18)9-7-12/h6-9,13,19H,2-5,10-11H2,1H3. The fourth-order valence-electron chi connectivity index (χ4n) is 2.93. The molecule has 0 fully saturated rings. The number of hydrogen-bond acceptors (Lipinski definition) is 3. The van der Waals surface area contributed by atoms with Crippen LogP contribution in [0.5, 0.6) is 0 Å². The molecule has 3 rings (SSSR count). The number of likely N-dealkylation sites (N-methyl/N-ethyl adjacent to an activating group) is 1. The Bertz CT molecular complexity index is 591. The molecule has 21 heavy (non-hydrogen) atoms. The summed E-state index contributed by atoms with van der Waals surface area (Å²) in [5, 5.41) is 4.75. The van der Waals surface area contributed by atoms with E-state index in [1.165, 1.54) is 40.4 Å². The summed E-state index contributed by atoms with van der Waals surface area (Å²) in [6.07, 6.45) is 4.76. The second kappa shape index (κ2) is 7.03. The molecular weight excluding hydrogens is 344 g/mol. The summed E-state index contributed by atoms with van der Waals surface area (Å²) < 4.78 is 1.13. The molecule has 0 saturated heterocycles. The number of nitrogens with zero attached hydrogens (tertiary/aromatic N) is 1. The van der Waals surface area contributed by atoms with Crippen molar-refractivity contribution in [3.05, 3.63) is 49.9 Å². The van der Waals surface area contributed by atoms with Gasteiger partial charge >= 0.3 is 0 Å². The van der Waals surface area contributed by atoms with E-state index in [1.54, 1.807) is 0 Å². The Morgan fingerprint density at radius 3 is 2.90 bits per heavy atom. The fraction of sp³-hybridized carbons (Fsp3) is 0.471. The number of aromatic nitrogens is 1. The molecule has 0 saturated carbocycles. The van der Waals surface area contributed by atoms with Crippen molar-refractivity contribution in [3.8, 4) is 0 Å². The van der Waals surface area contributed by atoms with Crippen LogP contribution < -0.4 is 5.32 Å². The second-order valence-corrected chi connectivity index (χ2v) is 7.70. The first-order chi connectivity index (χ1) is 10.3. The predicted molar refractivity (Wildman–Crippen MR) is 93.3 cm³/mol. The molecule has 1 aliphatic carbocycles. The van der Waals surface area contributed by atoms with Crippen LogP contribution in [0.15, 0.2) is 28.7 Å². The van der Waals surface area contributed by atoms with Gasteiger partial charge in [0.1, 0.15) is 0 Å². The number of hydrogen-bond donors (Lipinski definition) is 1. The van der Waals surface area contributed by atoms with Crippen LogP contribution in [0.25, 0.3) is 0 Å². The summed E-state index contributed by atoms with van der Waals surface area (Å²) >= 11 is 5.41. The van der Waals surface area contributed by atoms with Crippen LogP contribution in [0.2, 0.25) is 0 Å². The molecule has 0 bridgehead atoms. The van der Waals surface area contributed by atoms with Gasteiger partial charge in [-0.3, -0.25) is 0 Å². The van der Waals surface area contributed by atoms with Crippen LogP contribution >= 0.6 is 27.3 Å². The first-order valence-electron chi connectivity index (χ1n) is 7.70. The zero-order valence-corrected chi connectivity index (χ0v) is 14.8. The molecule has 112 valence electrons. The predicted octanol–water partition coefficient (Wildman–Crippen LogP) is 4.53. The first kappa shape index (κ1) is 15.2. The maximum atomic E-state index is 4.97. The van der Waals surface area contributed by atoms with Crippen LogP contribution in [0.3, 0.4) is 0 Å². The zero-order valence-electron chi connectivity index (χ0n) is 12.4. The fourth-order valence-corrected chi connectivity index (χ4v) is 4.42. The van der Waals surface area contributed by atoms with E-state index in [1.807, 2.05) is 11.3 Å². The summed E-state index contributed by atoms with van der Waals surface area (Å²) in [7, 11) is 0. The highest BCUT2D eigenvalue weighted by atomic mass is 79.9. The third kappa shape index (κ3) is 3.74. The summed E-state index contributed by atoms with van der Waals surface area (Å²) in [6, 6.07) is 8.58. The van der Waals surface area contributed by atoms with E-state index in [-0.39, 0.29) is 0 Å². The molecule has 1 heterocycles. The molecule has 1 N–H and O–H groups in total. The molecule has 0 aliphatic heterocycles. The minimum absolute atomic E-state index is 0.614. The van der Waals surface area contributed by atoms with Crippen LogP contribution in [-0.2, 0) is 12.8 Å². The number of benzene rings is 1. The van der Waals surface area contributed by atoms with Gasteiger partial charge in [-0.25, -0.2) is 4.98 Å². The highest BCUT2D eigenvalue weighted by Crippen LogP contribution is 2.35. The van der Waals surface area contributed by atoms with E-state index >= 15 is 0 Å². The van der Waals surface area contributed by atoms with Gasteiger partial charge < -0.3 is 5.32 Å². The topological polar surface area (TPSA) is 24.9 Å². The van der Waals surface area contributed by atoms with Gasteiger partial charge in [0.2, 0.25) is 0 Å². The molecule has 4 heteroatoms. The molecule has 1 unspecified atom stereocenters. The third-order valence-electron chi connectivity index (χ3n) is 4.02. The Hall–Kier alpha value is -0.710. The summed E-state index contributed by atoms with van der Waals surface area (Å²) in [4.78, 5) is 6.49. The lowest BCUT2D eigenvalue weighted by Crippen LogP contribution is -2.24. The zero-order chi connectivity index (χ0) is 14.7. The van der Waals surface area contributed by atoms with Gasteiger partial charge in [0.05, 0.1) is 10.7 Å². The van der Waals surface area contributed by atoms with E-state index in [9.17, 15) is 0 Å². The van der Waals surface area contributed by atoms with Crippen molar-refractivity contribution in [1.82, 2.24) is 10.3 Å². The van der Waals surface area contributed by atoms with Crippen molar-refractivity contribution in [1.29, 1.82) is 0 Å². The molecule has 0 radical (unpaired) electrons. The molecule has 1 aromatic carbocycles. The van der Waals surface area contributed by atoms with Crippen molar-refractivity contribution in [3.63, 3.8) is 0 Å². The maximum absolute atomic E-state index is 4.97. The monoisotopic (exact) mass is 364 g/mol. The van der Waals surface area contributed by atoms with Crippen molar-refractivity contribution in [2.45, 2.75) is 38.5 Å². The lowest BCUT2D eigenvalue weighted by Gasteiger charge is -2.21.